The molecule has 0 heterocycles. The molecule has 0 spiro atoms. The van der Waals surface area contributed by atoms with Crippen molar-refractivity contribution in [2.24, 2.45) is 10.7 Å². The Morgan fingerprint density at radius 1 is 1.07 bits per heavy atom. The number of guanidine groups is 1. The third kappa shape index (κ3) is 6.90. The van der Waals surface area contributed by atoms with E-state index in [4.69, 9.17) is 15.2 Å². The van der Waals surface area contributed by atoms with Gasteiger partial charge in [0.05, 0.1) is 20.3 Å². The summed E-state index contributed by atoms with van der Waals surface area (Å²) in [5.74, 6) is 1.20. The van der Waals surface area contributed by atoms with Crippen LogP contribution in [0.1, 0.15) is 18.1 Å². The van der Waals surface area contributed by atoms with Crippen LogP contribution in [0.5, 0.6) is 17.2 Å². The fourth-order valence-corrected chi connectivity index (χ4v) is 2.32. The molecule has 6 nitrogen and oxygen atoms in total. The van der Waals surface area contributed by atoms with Gasteiger partial charge in [0.1, 0.15) is 5.75 Å². The number of alkyl halides is 3. The number of nitrogens with two attached hydrogens (primary N) is 1. The maximum atomic E-state index is 12.1. The van der Waals surface area contributed by atoms with Gasteiger partial charge < -0.3 is 25.3 Å². The van der Waals surface area contributed by atoms with E-state index in [2.05, 4.69) is 15.0 Å². The lowest BCUT2D eigenvalue weighted by molar-refractivity contribution is -0.274. The third-order valence-corrected chi connectivity index (χ3v) is 3.59. The molecule has 28 heavy (non-hydrogen) atoms. The molecular formula is C19H22F3N3O3. The van der Waals surface area contributed by atoms with E-state index in [9.17, 15) is 13.2 Å². The predicted molar refractivity (Wildman–Crippen MR) is 99.5 cm³/mol. The van der Waals surface area contributed by atoms with Crippen molar-refractivity contribution in [3.8, 4) is 17.2 Å². The SMILES string of the molecule is CCOc1ccc(CN=C(N)NCc2ccc(OC(F)(F)F)cc2)cc1OC. The summed E-state index contributed by atoms with van der Waals surface area (Å²) in [5.41, 5.74) is 7.46. The Hall–Kier alpha value is -3.10. The summed E-state index contributed by atoms with van der Waals surface area (Å²) < 4.78 is 51.0. The summed E-state index contributed by atoms with van der Waals surface area (Å²) in [6, 6.07) is 11.0. The molecule has 0 amide bonds. The van der Waals surface area contributed by atoms with E-state index < -0.39 is 6.36 Å². The third-order valence-electron chi connectivity index (χ3n) is 3.59. The van der Waals surface area contributed by atoms with Crippen LogP contribution < -0.4 is 25.3 Å². The zero-order chi connectivity index (χ0) is 20.6. The summed E-state index contributed by atoms with van der Waals surface area (Å²) >= 11 is 0. The highest BCUT2D eigenvalue weighted by Crippen LogP contribution is 2.28. The van der Waals surface area contributed by atoms with E-state index in [1.807, 2.05) is 19.1 Å². The van der Waals surface area contributed by atoms with Gasteiger partial charge in [0.15, 0.2) is 17.5 Å². The van der Waals surface area contributed by atoms with Crippen molar-refractivity contribution in [1.29, 1.82) is 0 Å². The van der Waals surface area contributed by atoms with Gasteiger partial charge in [0, 0.05) is 6.54 Å². The van der Waals surface area contributed by atoms with Gasteiger partial charge in [-0.25, -0.2) is 4.99 Å². The van der Waals surface area contributed by atoms with E-state index >= 15 is 0 Å². The number of halogens is 3. The number of nitrogens with zero attached hydrogens (tertiary/aromatic N) is 1. The zero-order valence-electron chi connectivity index (χ0n) is 15.5. The van der Waals surface area contributed by atoms with Gasteiger partial charge in [-0.05, 0) is 42.3 Å². The first-order valence-electron chi connectivity index (χ1n) is 8.49. The van der Waals surface area contributed by atoms with Crippen LogP contribution in [0.4, 0.5) is 13.2 Å². The van der Waals surface area contributed by atoms with E-state index in [0.29, 0.717) is 31.2 Å². The van der Waals surface area contributed by atoms with Crippen molar-refractivity contribution in [2.75, 3.05) is 13.7 Å². The fraction of sp³-hybridized carbons (Fsp3) is 0.316. The van der Waals surface area contributed by atoms with Crippen LogP contribution in [0.2, 0.25) is 0 Å². The quantitative estimate of drug-likeness (QED) is 0.526. The first-order chi connectivity index (χ1) is 13.3. The molecule has 2 rings (SSSR count). The highest BCUT2D eigenvalue weighted by Gasteiger charge is 2.30. The Bertz CT molecular complexity index is 793. The molecule has 3 N–H and O–H groups in total. The lowest BCUT2D eigenvalue weighted by Crippen LogP contribution is -2.31. The molecule has 0 saturated carbocycles. The maximum Gasteiger partial charge on any atom is 0.573 e. The molecule has 0 radical (unpaired) electrons. The fourth-order valence-electron chi connectivity index (χ4n) is 2.32. The highest BCUT2D eigenvalue weighted by molar-refractivity contribution is 5.77. The van der Waals surface area contributed by atoms with Crippen LogP contribution in [0.25, 0.3) is 0 Å². The average molecular weight is 397 g/mol. The van der Waals surface area contributed by atoms with Crippen LogP contribution in [-0.2, 0) is 13.1 Å². The number of methoxy groups -OCH3 is 1. The second kappa shape index (κ2) is 9.72. The number of hydrogen-bond acceptors (Lipinski definition) is 4. The monoisotopic (exact) mass is 397 g/mol. The molecular weight excluding hydrogens is 375 g/mol. The van der Waals surface area contributed by atoms with Gasteiger partial charge in [-0.1, -0.05) is 18.2 Å². The van der Waals surface area contributed by atoms with Crippen molar-refractivity contribution < 1.29 is 27.4 Å². The Balaban J connectivity index is 1.89. The van der Waals surface area contributed by atoms with Gasteiger partial charge in [0.25, 0.3) is 0 Å². The Kier molecular flexibility index (Phi) is 7.36. The van der Waals surface area contributed by atoms with E-state index in [1.54, 1.807) is 13.2 Å². The van der Waals surface area contributed by atoms with Crippen molar-refractivity contribution in [2.45, 2.75) is 26.4 Å². The summed E-state index contributed by atoms with van der Waals surface area (Å²) in [6.45, 7) is 3.07. The minimum atomic E-state index is -4.71. The van der Waals surface area contributed by atoms with Crippen molar-refractivity contribution in [1.82, 2.24) is 5.32 Å². The molecule has 2 aromatic carbocycles. The summed E-state index contributed by atoms with van der Waals surface area (Å²) in [5, 5.41) is 2.91. The largest absolute Gasteiger partial charge is 0.573 e. The molecule has 2 aromatic rings. The molecule has 0 bridgehead atoms. The highest BCUT2D eigenvalue weighted by atomic mass is 19.4. The van der Waals surface area contributed by atoms with E-state index in [-0.39, 0.29) is 11.7 Å². The van der Waals surface area contributed by atoms with Crippen molar-refractivity contribution >= 4 is 5.96 Å². The molecule has 0 aromatic heterocycles. The molecule has 0 aliphatic rings. The van der Waals surface area contributed by atoms with Gasteiger partial charge in [-0.15, -0.1) is 13.2 Å². The van der Waals surface area contributed by atoms with E-state index in [1.165, 1.54) is 24.3 Å². The number of aliphatic imine (C=N–C) groups is 1. The maximum absolute atomic E-state index is 12.1. The number of hydrogen-bond donors (Lipinski definition) is 2. The number of nitrogens with one attached hydrogen (secondary N) is 1. The number of rotatable bonds is 8. The minimum Gasteiger partial charge on any atom is -0.493 e. The summed E-state index contributed by atoms with van der Waals surface area (Å²) in [6.07, 6.45) is -4.71. The standard InChI is InChI=1S/C19H22F3N3O3/c1-3-27-16-9-6-14(10-17(16)26-2)12-25-18(23)24-11-13-4-7-15(8-5-13)28-19(20,21)22/h4-10H,3,11-12H2,1-2H3,(H3,23,24,25). The smallest absolute Gasteiger partial charge is 0.493 e. The second-order valence-electron chi connectivity index (χ2n) is 5.66. The summed E-state index contributed by atoms with van der Waals surface area (Å²) in [7, 11) is 1.56. The lowest BCUT2D eigenvalue weighted by Gasteiger charge is -2.11. The minimum absolute atomic E-state index is 0.212. The van der Waals surface area contributed by atoms with Gasteiger partial charge >= 0.3 is 6.36 Å². The van der Waals surface area contributed by atoms with E-state index in [0.717, 1.165) is 11.1 Å². The van der Waals surface area contributed by atoms with Gasteiger partial charge in [-0.2, -0.15) is 0 Å². The summed E-state index contributed by atoms with van der Waals surface area (Å²) in [4.78, 5) is 4.24. The molecule has 0 fully saturated rings. The first-order valence-corrected chi connectivity index (χ1v) is 8.49. The number of ether oxygens (including phenoxy) is 3. The van der Waals surface area contributed by atoms with Crippen molar-refractivity contribution in [3.63, 3.8) is 0 Å². The van der Waals surface area contributed by atoms with Crippen molar-refractivity contribution in [3.05, 3.63) is 53.6 Å². The van der Waals surface area contributed by atoms with Crippen LogP contribution in [0.15, 0.2) is 47.5 Å². The molecule has 9 heteroatoms. The zero-order valence-corrected chi connectivity index (χ0v) is 15.5. The number of benzene rings is 2. The first kappa shape index (κ1) is 21.2. The topological polar surface area (TPSA) is 78.1 Å². The molecule has 0 saturated heterocycles. The van der Waals surface area contributed by atoms with Crippen LogP contribution in [-0.4, -0.2) is 26.0 Å². The van der Waals surface area contributed by atoms with Gasteiger partial charge in [-0.3, -0.25) is 0 Å². The van der Waals surface area contributed by atoms with Crippen LogP contribution in [0.3, 0.4) is 0 Å². The van der Waals surface area contributed by atoms with Crippen LogP contribution >= 0.6 is 0 Å². The lowest BCUT2D eigenvalue weighted by atomic mass is 10.2. The average Bonchev–Trinajstić information content (AvgIpc) is 2.65. The Labute approximate surface area is 161 Å². The molecule has 0 unspecified atom stereocenters. The predicted octanol–water partition coefficient (Wildman–Crippen LogP) is 3.60. The molecule has 0 atom stereocenters. The molecule has 152 valence electrons. The molecule has 0 aliphatic carbocycles. The Morgan fingerprint density at radius 3 is 2.36 bits per heavy atom. The van der Waals surface area contributed by atoms with Crippen LogP contribution in [0, 0.1) is 0 Å². The molecule has 0 aliphatic heterocycles. The normalized spacial score (nSPS) is 11.8. The Morgan fingerprint density at radius 2 is 1.75 bits per heavy atom. The second-order valence-corrected chi connectivity index (χ2v) is 5.66. The van der Waals surface area contributed by atoms with Gasteiger partial charge in [0.2, 0.25) is 0 Å².